The fourth-order valence-electron chi connectivity index (χ4n) is 3.68. The molecule has 0 atom stereocenters. The van der Waals surface area contributed by atoms with Gasteiger partial charge < -0.3 is 14.3 Å². The minimum atomic E-state index is -0.0692. The lowest BCUT2D eigenvalue weighted by molar-refractivity contribution is 0.0994. The van der Waals surface area contributed by atoms with E-state index in [1.807, 2.05) is 56.4 Å². The summed E-state index contributed by atoms with van der Waals surface area (Å²) in [4.78, 5) is 22.0. The normalized spacial score (nSPS) is 14.2. The van der Waals surface area contributed by atoms with Crippen molar-refractivity contribution in [1.29, 1.82) is 0 Å². The van der Waals surface area contributed by atoms with Crippen LogP contribution >= 0.6 is 0 Å². The second-order valence-electron chi connectivity index (χ2n) is 9.69. The van der Waals surface area contributed by atoms with Gasteiger partial charge in [0.05, 0.1) is 16.6 Å². The van der Waals surface area contributed by atoms with Crippen LogP contribution in [0.25, 0.3) is 11.1 Å². The monoisotopic (exact) mass is 406 g/mol. The maximum Gasteiger partial charge on any atom is 0.259 e. The molecule has 1 aliphatic carbocycles. The predicted octanol–water partition coefficient (Wildman–Crippen LogP) is 5.03. The summed E-state index contributed by atoms with van der Waals surface area (Å²) in [5.74, 6) is 0.349. The van der Waals surface area contributed by atoms with Gasteiger partial charge in [-0.3, -0.25) is 4.79 Å². The molecule has 0 radical (unpaired) electrons. The molecule has 0 bridgehead atoms. The van der Waals surface area contributed by atoms with Crippen LogP contribution in [0.3, 0.4) is 0 Å². The summed E-state index contributed by atoms with van der Waals surface area (Å²) in [5, 5.41) is 5.04. The molecule has 6 heteroatoms. The summed E-state index contributed by atoms with van der Waals surface area (Å²) < 4.78 is 5.59. The number of nitrogens with zero attached hydrogens (tertiary/aromatic N) is 4. The molecule has 2 aromatic heterocycles. The highest BCUT2D eigenvalue weighted by Crippen LogP contribution is 2.41. The number of anilines is 2. The van der Waals surface area contributed by atoms with Gasteiger partial charge in [0.1, 0.15) is 0 Å². The third-order valence-electron chi connectivity index (χ3n) is 5.52. The Kier molecular flexibility index (Phi) is 5.04. The van der Waals surface area contributed by atoms with Gasteiger partial charge >= 0.3 is 0 Å². The van der Waals surface area contributed by atoms with Crippen molar-refractivity contribution in [3.8, 4) is 0 Å². The summed E-state index contributed by atoms with van der Waals surface area (Å²) in [7, 11) is 5.81. The summed E-state index contributed by atoms with van der Waals surface area (Å²) >= 11 is 0. The van der Waals surface area contributed by atoms with Gasteiger partial charge in [-0.1, -0.05) is 25.9 Å². The maximum absolute atomic E-state index is 13.6. The van der Waals surface area contributed by atoms with Gasteiger partial charge in [0.2, 0.25) is 0 Å². The van der Waals surface area contributed by atoms with Crippen LogP contribution in [0.15, 0.2) is 34.9 Å². The van der Waals surface area contributed by atoms with Gasteiger partial charge in [-0.25, -0.2) is 4.98 Å². The fourth-order valence-corrected chi connectivity index (χ4v) is 3.68. The van der Waals surface area contributed by atoms with Crippen LogP contribution in [-0.2, 0) is 6.42 Å². The number of carbonyl (C=O) groups excluding carboxylic acids is 1. The number of pyridine rings is 1. The predicted molar refractivity (Wildman–Crippen MR) is 120 cm³/mol. The average molecular weight is 407 g/mol. The lowest BCUT2D eigenvalue weighted by Gasteiger charge is -2.20. The number of aromatic nitrogens is 2. The van der Waals surface area contributed by atoms with Gasteiger partial charge in [0.15, 0.2) is 0 Å². The molecule has 2 heterocycles. The standard InChI is InChI=1S/C24H30N4O2/c1-24(2,3)14-20-21-18(13-19(15-7-8-15)25-22(21)30-26-20)23(29)28(6)17-11-9-16(10-12-17)27(4)5/h9-13,15H,7-8,14H2,1-6H3. The van der Waals surface area contributed by atoms with E-state index in [0.29, 0.717) is 23.6 Å². The van der Waals surface area contributed by atoms with Crippen LogP contribution in [0.1, 0.15) is 61.3 Å². The number of rotatable bonds is 5. The van der Waals surface area contributed by atoms with Crippen LogP contribution in [0.2, 0.25) is 0 Å². The first-order valence-corrected chi connectivity index (χ1v) is 10.5. The molecule has 0 N–H and O–H groups in total. The third-order valence-corrected chi connectivity index (χ3v) is 5.52. The minimum absolute atomic E-state index is 0.0210. The largest absolute Gasteiger partial charge is 0.378 e. The number of hydrogen-bond donors (Lipinski definition) is 0. The molecule has 3 aromatic rings. The summed E-state index contributed by atoms with van der Waals surface area (Å²) in [5.41, 5.74) is 4.78. The van der Waals surface area contributed by atoms with Crippen LogP contribution < -0.4 is 9.80 Å². The van der Waals surface area contributed by atoms with Crippen LogP contribution in [0, 0.1) is 5.41 Å². The zero-order chi connectivity index (χ0) is 21.6. The Balaban J connectivity index is 1.77. The average Bonchev–Trinajstić information content (AvgIpc) is 3.48. The minimum Gasteiger partial charge on any atom is -0.378 e. The number of hydrogen-bond acceptors (Lipinski definition) is 5. The number of amides is 1. The molecule has 1 fully saturated rings. The molecule has 0 saturated heterocycles. The molecule has 0 unspecified atom stereocenters. The van der Waals surface area contributed by atoms with Gasteiger partial charge in [-0.05, 0) is 55.0 Å². The van der Waals surface area contributed by atoms with E-state index in [-0.39, 0.29) is 11.3 Å². The molecule has 1 aliphatic rings. The fraction of sp³-hybridized carbons (Fsp3) is 0.458. The van der Waals surface area contributed by atoms with Crippen molar-refractivity contribution in [2.45, 2.75) is 46.0 Å². The molecule has 6 nitrogen and oxygen atoms in total. The van der Waals surface area contributed by atoms with Crippen molar-refractivity contribution in [2.24, 2.45) is 5.41 Å². The first kappa shape index (κ1) is 20.4. The van der Waals surface area contributed by atoms with E-state index in [9.17, 15) is 4.79 Å². The Hall–Kier alpha value is -2.89. The number of benzene rings is 1. The third kappa shape index (κ3) is 4.04. The van der Waals surface area contributed by atoms with E-state index in [1.54, 1.807) is 4.90 Å². The SMILES string of the molecule is CN(C)c1ccc(N(C)C(=O)c2cc(C3CC3)nc3onc(CC(C)(C)C)c23)cc1. The molecule has 30 heavy (non-hydrogen) atoms. The van der Waals surface area contributed by atoms with Crippen molar-refractivity contribution >= 4 is 28.4 Å². The summed E-state index contributed by atoms with van der Waals surface area (Å²) in [6.45, 7) is 6.46. The highest BCUT2D eigenvalue weighted by Gasteiger charge is 2.31. The van der Waals surface area contributed by atoms with E-state index < -0.39 is 0 Å². The van der Waals surface area contributed by atoms with E-state index >= 15 is 0 Å². The molecule has 158 valence electrons. The van der Waals surface area contributed by atoms with Crippen LogP contribution in [-0.4, -0.2) is 37.2 Å². The van der Waals surface area contributed by atoms with Crippen LogP contribution in [0.5, 0.6) is 0 Å². The first-order valence-electron chi connectivity index (χ1n) is 10.5. The highest BCUT2D eigenvalue weighted by molar-refractivity contribution is 6.13. The van der Waals surface area contributed by atoms with Gasteiger partial charge in [0, 0.05) is 44.1 Å². The molecule has 1 amide bonds. The summed E-state index contributed by atoms with van der Waals surface area (Å²) in [6, 6.07) is 9.92. The summed E-state index contributed by atoms with van der Waals surface area (Å²) in [6.07, 6.45) is 2.93. The van der Waals surface area contributed by atoms with E-state index in [2.05, 4.69) is 30.9 Å². The van der Waals surface area contributed by atoms with E-state index in [0.717, 1.165) is 41.0 Å². The quantitative estimate of drug-likeness (QED) is 0.595. The van der Waals surface area contributed by atoms with Crippen molar-refractivity contribution in [2.75, 3.05) is 30.9 Å². The topological polar surface area (TPSA) is 62.5 Å². The molecule has 1 saturated carbocycles. The Labute approximate surface area is 177 Å². The Bertz CT molecular complexity index is 1070. The number of carbonyl (C=O) groups is 1. The Morgan fingerprint density at radius 2 is 1.73 bits per heavy atom. The van der Waals surface area contributed by atoms with Crippen molar-refractivity contribution in [1.82, 2.24) is 10.1 Å². The molecular formula is C24H30N4O2. The smallest absolute Gasteiger partial charge is 0.259 e. The Morgan fingerprint density at radius 3 is 2.30 bits per heavy atom. The number of fused-ring (bicyclic) bond motifs is 1. The first-order chi connectivity index (χ1) is 14.1. The van der Waals surface area contributed by atoms with Crippen molar-refractivity contribution < 1.29 is 9.32 Å². The van der Waals surface area contributed by atoms with Crippen LogP contribution in [0.4, 0.5) is 11.4 Å². The lowest BCUT2D eigenvalue weighted by Crippen LogP contribution is -2.27. The van der Waals surface area contributed by atoms with Gasteiger partial charge in [0.25, 0.3) is 11.6 Å². The van der Waals surface area contributed by atoms with Crippen molar-refractivity contribution in [3.63, 3.8) is 0 Å². The maximum atomic E-state index is 13.6. The van der Waals surface area contributed by atoms with E-state index in [1.165, 1.54) is 0 Å². The van der Waals surface area contributed by atoms with Gasteiger partial charge in [-0.15, -0.1) is 0 Å². The zero-order valence-corrected chi connectivity index (χ0v) is 18.7. The second-order valence-corrected chi connectivity index (χ2v) is 9.69. The molecule has 4 rings (SSSR count). The molecular weight excluding hydrogens is 376 g/mol. The second kappa shape index (κ2) is 7.42. The van der Waals surface area contributed by atoms with Gasteiger partial charge in [-0.2, -0.15) is 0 Å². The lowest BCUT2D eigenvalue weighted by atomic mass is 9.89. The van der Waals surface area contributed by atoms with Crippen molar-refractivity contribution in [3.05, 3.63) is 47.3 Å². The molecule has 1 aromatic carbocycles. The highest BCUT2D eigenvalue weighted by atomic mass is 16.5. The molecule has 0 aliphatic heterocycles. The zero-order valence-electron chi connectivity index (χ0n) is 18.7. The van der Waals surface area contributed by atoms with E-state index in [4.69, 9.17) is 4.52 Å². The Morgan fingerprint density at radius 1 is 1.10 bits per heavy atom. The molecule has 0 spiro atoms.